The van der Waals surface area contributed by atoms with E-state index in [2.05, 4.69) is 34.5 Å². The molecule has 4 aromatic rings. The summed E-state index contributed by atoms with van der Waals surface area (Å²) in [5.41, 5.74) is 5.69. The third kappa shape index (κ3) is 4.56. The van der Waals surface area contributed by atoms with Crippen molar-refractivity contribution in [2.75, 3.05) is 12.0 Å². The van der Waals surface area contributed by atoms with Crippen LogP contribution in [-0.4, -0.2) is 27.8 Å². The number of hydrogen-bond acceptors (Lipinski definition) is 5. The topological polar surface area (TPSA) is 73.4 Å². The van der Waals surface area contributed by atoms with E-state index in [0.29, 0.717) is 12.4 Å². The van der Waals surface area contributed by atoms with Crippen molar-refractivity contribution in [2.45, 2.75) is 39.3 Å². The van der Waals surface area contributed by atoms with Crippen molar-refractivity contribution < 1.29 is 13.9 Å². The number of carbonyl (C=O) groups is 1. The van der Waals surface area contributed by atoms with Gasteiger partial charge < -0.3 is 14.1 Å². The molecular formula is C29H28N4O3. The number of carbonyl (C=O) groups excluding carboxylic acids is 1. The van der Waals surface area contributed by atoms with Gasteiger partial charge in [0, 0.05) is 23.9 Å². The molecule has 1 aliphatic heterocycles. The summed E-state index contributed by atoms with van der Waals surface area (Å²) in [6.07, 6.45) is 10.5. The molecule has 2 aromatic carbocycles. The maximum Gasteiger partial charge on any atom is 0.231 e. The summed E-state index contributed by atoms with van der Waals surface area (Å²) in [5, 5.41) is 4.57. The maximum atomic E-state index is 13.6. The first kappa shape index (κ1) is 22.3. The van der Waals surface area contributed by atoms with Crippen LogP contribution < -0.4 is 9.64 Å². The molecule has 1 saturated carbocycles. The standard InChI is InChI=1S/C29H28N4O3/c1-19-14-30-29(36-19)24-11-23-8-7-22(25-15-31-32(18-25)16-20-3-4-20)12-27(23)33(28(34)13-24)17-21-5-9-26(35-2)10-6-21/h5-12,14-15,18,20H,3-4,13,16-17H2,1-2H3. The van der Waals surface area contributed by atoms with Gasteiger partial charge in [0.05, 0.1) is 38.2 Å². The monoisotopic (exact) mass is 480 g/mol. The van der Waals surface area contributed by atoms with Crippen molar-refractivity contribution in [1.29, 1.82) is 0 Å². The summed E-state index contributed by atoms with van der Waals surface area (Å²) in [4.78, 5) is 19.9. The van der Waals surface area contributed by atoms with E-state index in [1.54, 1.807) is 13.3 Å². The third-order valence-electron chi connectivity index (χ3n) is 6.80. The lowest BCUT2D eigenvalue weighted by molar-refractivity contribution is -0.117. The smallest absolute Gasteiger partial charge is 0.231 e. The van der Waals surface area contributed by atoms with E-state index in [1.807, 2.05) is 53.0 Å². The molecule has 2 aromatic heterocycles. The van der Waals surface area contributed by atoms with Gasteiger partial charge in [-0.2, -0.15) is 5.10 Å². The van der Waals surface area contributed by atoms with Gasteiger partial charge in [0.1, 0.15) is 11.5 Å². The lowest BCUT2D eigenvalue weighted by Gasteiger charge is -2.24. The minimum atomic E-state index is -0.00625. The van der Waals surface area contributed by atoms with E-state index >= 15 is 0 Å². The van der Waals surface area contributed by atoms with E-state index in [4.69, 9.17) is 9.15 Å². The molecule has 36 heavy (non-hydrogen) atoms. The van der Waals surface area contributed by atoms with Gasteiger partial charge in [0.25, 0.3) is 0 Å². The van der Waals surface area contributed by atoms with Crippen molar-refractivity contribution in [2.24, 2.45) is 5.92 Å². The molecule has 0 bridgehead atoms. The molecule has 0 N–H and O–H groups in total. The Morgan fingerprint density at radius 3 is 2.64 bits per heavy atom. The Labute approximate surface area is 210 Å². The molecule has 7 heteroatoms. The van der Waals surface area contributed by atoms with Crippen molar-refractivity contribution >= 4 is 23.2 Å². The fraction of sp³-hybridized carbons (Fsp3) is 0.276. The minimum absolute atomic E-state index is 0.00625. The molecular weight excluding hydrogens is 452 g/mol. The van der Waals surface area contributed by atoms with Gasteiger partial charge in [0.2, 0.25) is 11.8 Å². The number of fused-ring (bicyclic) bond motifs is 1. The molecule has 0 spiro atoms. The normalized spacial score (nSPS) is 15.4. The molecule has 0 radical (unpaired) electrons. The Morgan fingerprint density at radius 1 is 1.08 bits per heavy atom. The van der Waals surface area contributed by atoms with Gasteiger partial charge in [-0.25, -0.2) is 4.98 Å². The largest absolute Gasteiger partial charge is 0.497 e. The first-order valence-electron chi connectivity index (χ1n) is 12.3. The first-order chi connectivity index (χ1) is 17.6. The molecule has 2 aliphatic rings. The summed E-state index contributed by atoms with van der Waals surface area (Å²) in [7, 11) is 1.65. The number of rotatable bonds is 7. The minimum Gasteiger partial charge on any atom is -0.497 e. The zero-order chi connectivity index (χ0) is 24.6. The predicted molar refractivity (Wildman–Crippen MR) is 138 cm³/mol. The van der Waals surface area contributed by atoms with Crippen LogP contribution in [0.3, 0.4) is 0 Å². The molecule has 1 amide bonds. The van der Waals surface area contributed by atoms with E-state index in [-0.39, 0.29) is 12.3 Å². The van der Waals surface area contributed by atoms with E-state index in [1.165, 1.54) is 12.8 Å². The fourth-order valence-corrected chi connectivity index (χ4v) is 4.62. The molecule has 7 nitrogen and oxygen atoms in total. The summed E-state index contributed by atoms with van der Waals surface area (Å²) in [5.74, 6) is 2.74. The van der Waals surface area contributed by atoms with Crippen LogP contribution in [0.25, 0.3) is 22.8 Å². The number of hydrogen-bond donors (Lipinski definition) is 0. The van der Waals surface area contributed by atoms with Gasteiger partial charge in [-0.1, -0.05) is 24.3 Å². The Hall–Kier alpha value is -4.13. The Kier molecular flexibility index (Phi) is 5.68. The van der Waals surface area contributed by atoms with Crippen LogP contribution in [0.5, 0.6) is 5.75 Å². The van der Waals surface area contributed by atoms with Gasteiger partial charge >= 0.3 is 0 Å². The average Bonchev–Trinajstić information content (AvgIpc) is 3.43. The molecule has 0 unspecified atom stereocenters. The van der Waals surface area contributed by atoms with Crippen molar-refractivity contribution in [3.63, 3.8) is 0 Å². The SMILES string of the molecule is COc1ccc(CN2C(=O)CC(c3ncc(C)o3)=Cc3ccc(-c4cnn(CC5CC5)c4)cc32)cc1. The number of benzene rings is 2. The van der Waals surface area contributed by atoms with Crippen molar-refractivity contribution in [3.8, 4) is 16.9 Å². The number of aryl methyl sites for hydroxylation is 1. The highest BCUT2D eigenvalue weighted by Gasteiger charge is 2.27. The lowest BCUT2D eigenvalue weighted by atomic mass is 10.0. The Bertz CT molecular complexity index is 1440. The highest BCUT2D eigenvalue weighted by molar-refractivity contribution is 6.06. The van der Waals surface area contributed by atoms with Crippen LogP contribution in [0.1, 0.15) is 42.0 Å². The van der Waals surface area contributed by atoms with Crippen molar-refractivity contribution in [1.82, 2.24) is 14.8 Å². The third-order valence-corrected chi connectivity index (χ3v) is 6.80. The molecule has 3 heterocycles. The molecule has 182 valence electrons. The molecule has 6 rings (SSSR count). The summed E-state index contributed by atoms with van der Waals surface area (Å²) in [6.45, 7) is 3.27. The summed E-state index contributed by atoms with van der Waals surface area (Å²) in [6, 6.07) is 14.1. The van der Waals surface area contributed by atoms with E-state index < -0.39 is 0 Å². The molecule has 1 fully saturated rings. The fourth-order valence-electron chi connectivity index (χ4n) is 4.62. The van der Waals surface area contributed by atoms with Crippen LogP contribution in [0.4, 0.5) is 5.69 Å². The second-order valence-corrected chi connectivity index (χ2v) is 9.62. The number of ether oxygens (including phenoxy) is 1. The Morgan fingerprint density at radius 2 is 1.92 bits per heavy atom. The van der Waals surface area contributed by atoms with Gasteiger partial charge in [-0.3, -0.25) is 9.48 Å². The Balaban J connectivity index is 1.39. The highest BCUT2D eigenvalue weighted by atomic mass is 16.5. The van der Waals surface area contributed by atoms with Crippen LogP contribution in [0, 0.1) is 12.8 Å². The number of anilines is 1. The van der Waals surface area contributed by atoms with Crippen LogP contribution in [0.2, 0.25) is 0 Å². The quantitative estimate of drug-likeness (QED) is 0.337. The van der Waals surface area contributed by atoms with E-state index in [0.717, 1.165) is 57.5 Å². The van der Waals surface area contributed by atoms with Gasteiger partial charge in [0.15, 0.2) is 0 Å². The van der Waals surface area contributed by atoms with Crippen LogP contribution in [0.15, 0.2) is 65.5 Å². The average molecular weight is 481 g/mol. The number of amides is 1. The summed E-state index contributed by atoms with van der Waals surface area (Å²) < 4.78 is 13.1. The predicted octanol–water partition coefficient (Wildman–Crippen LogP) is 5.74. The van der Waals surface area contributed by atoms with Crippen LogP contribution in [-0.2, 0) is 17.9 Å². The number of oxazole rings is 1. The first-order valence-corrected chi connectivity index (χ1v) is 12.3. The number of methoxy groups -OCH3 is 1. The maximum absolute atomic E-state index is 13.6. The zero-order valence-electron chi connectivity index (χ0n) is 20.5. The number of aromatic nitrogens is 3. The van der Waals surface area contributed by atoms with Gasteiger partial charge in [-0.15, -0.1) is 0 Å². The highest BCUT2D eigenvalue weighted by Crippen LogP contribution is 2.37. The molecule has 1 aliphatic carbocycles. The molecule has 0 saturated heterocycles. The number of nitrogens with zero attached hydrogens (tertiary/aromatic N) is 4. The molecule has 0 atom stereocenters. The zero-order valence-corrected chi connectivity index (χ0v) is 20.5. The lowest BCUT2D eigenvalue weighted by Crippen LogP contribution is -2.30. The second-order valence-electron chi connectivity index (χ2n) is 9.62. The van der Waals surface area contributed by atoms with Crippen molar-refractivity contribution in [3.05, 3.63) is 83.8 Å². The second kappa shape index (κ2) is 9.15. The summed E-state index contributed by atoms with van der Waals surface area (Å²) >= 11 is 0. The van der Waals surface area contributed by atoms with Crippen LogP contribution >= 0.6 is 0 Å². The van der Waals surface area contributed by atoms with E-state index in [9.17, 15) is 4.79 Å². The van der Waals surface area contributed by atoms with Gasteiger partial charge in [-0.05, 0) is 66.6 Å².